The largest absolute Gasteiger partial charge is 0.486 e. The van der Waals surface area contributed by atoms with Crippen LogP contribution in [-0.4, -0.2) is 15.7 Å². The lowest BCUT2D eigenvalue weighted by Crippen LogP contribution is -2.18. The lowest BCUT2D eigenvalue weighted by molar-refractivity contribution is 0.0992. The van der Waals surface area contributed by atoms with Crippen LogP contribution >= 0.6 is 0 Å². The molecular weight excluding hydrogens is 474 g/mol. The molecule has 6 heteroatoms. The number of amides is 1. The van der Waals surface area contributed by atoms with Crippen molar-refractivity contribution in [2.24, 2.45) is 0 Å². The van der Waals surface area contributed by atoms with E-state index in [4.69, 9.17) is 9.15 Å². The van der Waals surface area contributed by atoms with E-state index in [9.17, 15) is 4.79 Å². The smallest absolute Gasteiger partial charge is 0.291 e. The van der Waals surface area contributed by atoms with Gasteiger partial charge in [-0.3, -0.25) is 9.48 Å². The molecule has 0 aliphatic heterocycles. The molecule has 3 aromatic carbocycles. The fourth-order valence-electron chi connectivity index (χ4n) is 4.31. The van der Waals surface area contributed by atoms with Crippen molar-refractivity contribution in [3.8, 4) is 5.75 Å². The second kappa shape index (κ2) is 10.8. The molecule has 38 heavy (non-hydrogen) atoms. The van der Waals surface area contributed by atoms with E-state index in [1.807, 2.05) is 18.2 Å². The van der Waals surface area contributed by atoms with Crippen molar-refractivity contribution in [3.63, 3.8) is 0 Å². The molecule has 0 aliphatic rings. The van der Waals surface area contributed by atoms with Crippen LogP contribution in [0.2, 0.25) is 0 Å². The second-order valence-electron chi connectivity index (χ2n) is 9.94. The van der Waals surface area contributed by atoms with E-state index in [1.54, 1.807) is 29.2 Å². The summed E-state index contributed by atoms with van der Waals surface area (Å²) in [6, 6.07) is 30.2. The summed E-state index contributed by atoms with van der Waals surface area (Å²) in [6.45, 7) is 7.33. The van der Waals surface area contributed by atoms with Gasteiger partial charge < -0.3 is 14.5 Å². The molecule has 192 valence electrons. The van der Waals surface area contributed by atoms with Crippen molar-refractivity contribution in [1.82, 2.24) is 9.78 Å². The third-order valence-corrected chi connectivity index (χ3v) is 6.69. The summed E-state index contributed by atoms with van der Waals surface area (Å²) in [4.78, 5) is 12.7. The lowest BCUT2D eigenvalue weighted by Gasteiger charge is -2.26. The summed E-state index contributed by atoms with van der Waals surface area (Å²) < 4.78 is 13.4. The molecule has 0 unspecified atom stereocenters. The highest BCUT2D eigenvalue weighted by Gasteiger charge is 2.22. The van der Waals surface area contributed by atoms with Crippen LogP contribution in [0.15, 0.2) is 108 Å². The Morgan fingerprint density at radius 2 is 1.63 bits per heavy atom. The third-order valence-electron chi connectivity index (χ3n) is 6.69. The molecule has 2 heterocycles. The minimum Gasteiger partial charge on any atom is -0.486 e. The number of anilines is 1. The molecule has 5 rings (SSSR count). The van der Waals surface area contributed by atoms with E-state index in [0.29, 0.717) is 18.0 Å². The number of benzene rings is 3. The number of aryl methyl sites for hydroxylation is 1. The zero-order chi connectivity index (χ0) is 26.5. The first-order chi connectivity index (χ1) is 18.4. The molecular formula is C32H31N3O3. The predicted molar refractivity (Wildman–Crippen MR) is 149 cm³/mol. The number of hydrogen-bond acceptors (Lipinski definition) is 4. The quantitative estimate of drug-likeness (QED) is 0.234. The standard InChI is InChI=1S/C32H31N3O3/c1-23-9-11-24(12-10-23)20-35-21-27(19-33-35)34-31(36)30-18-17-29(38-30)22-37-28-15-13-26(14-16-28)32(2,3)25-7-5-4-6-8-25/h4-19,21H,20,22H2,1-3H3,(H,34,36). The Labute approximate surface area is 222 Å². The van der Waals surface area contributed by atoms with Gasteiger partial charge in [0.2, 0.25) is 0 Å². The molecule has 5 aromatic rings. The monoisotopic (exact) mass is 505 g/mol. The highest BCUT2D eigenvalue weighted by atomic mass is 16.5. The molecule has 0 spiro atoms. The average molecular weight is 506 g/mol. The van der Waals surface area contributed by atoms with E-state index in [0.717, 1.165) is 11.3 Å². The predicted octanol–water partition coefficient (Wildman–Crippen LogP) is 6.99. The molecule has 6 nitrogen and oxygen atoms in total. The summed E-state index contributed by atoms with van der Waals surface area (Å²) in [5.74, 6) is 1.19. The fraction of sp³-hybridized carbons (Fsp3) is 0.188. The third kappa shape index (κ3) is 5.86. The van der Waals surface area contributed by atoms with E-state index >= 15 is 0 Å². The number of aromatic nitrogens is 2. The van der Waals surface area contributed by atoms with Gasteiger partial charge in [0, 0.05) is 11.6 Å². The van der Waals surface area contributed by atoms with Crippen molar-refractivity contribution in [2.75, 3.05) is 5.32 Å². The van der Waals surface area contributed by atoms with Gasteiger partial charge in [0.1, 0.15) is 18.1 Å². The summed E-state index contributed by atoms with van der Waals surface area (Å²) in [5.41, 5.74) is 5.31. The molecule has 0 fully saturated rings. The topological polar surface area (TPSA) is 69.3 Å². The molecule has 0 saturated heterocycles. The Morgan fingerprint density at radius 1 is 0.921 bits per heavy atom. The van der Waals surface area contributed by atoms with Gasteiger partial charge in [-0.05, 0) is 47.9 Å². The van der Waals surface area contributed by atoms with Crippen LogP contribution < -0.4 is 10.1 Å². The maximum atomic E-state index is 12.7. The van der Waals surface area contributed by atoms with Crippen molar-refractivity contribution >= 4 is 11.6 Å². The van der Waals surface area contributed by atoms with Crippen molar-refractivity contribution in [1.29, 1.82) is 0 Å². The van der Waals surface area contributed by atoms with Gasteiger partial charge in [-0.15, -0.1) is 0 Å². The first-order valence-corrected chi connectivity index (χ1v) is 12.6. The number of furan rings is 1. The van der Waals surface area contributed by atoms with Crippen LogP contribution in [0.25, 0.3) is 0 Å². The van der Waals surface area contributed by atoms with Gasteiger partial charge in [-0.1, -0.05) is 86.1 Å². The highest BCUT2D eigenvalue weighted by molar-refractivity contribution is 6.02. The van der Waals surface area contributed by atoms with Gasteiger partial charge in [-0.2, -0.15) is 5.10 Å². The molecule has 0 bridgehead atoms. The summed E-state index contributed by atoms with van der Waals surface area (Å²) in [6.07, 6.45) is 3.43. The number of ether oxygens (including phenoxy) is 1. The minimum absolute atomic E-state index is 0.111. The van der Waals surface area contributed by atoms with Gasteiger partial charge in [0.15, 0.2) is 5.76 Å². The maximum Gasteiger partial charge on any atom is 0.291 e. The molecule has 0 saturated carbocycles. The Hall–Kier alpha value is -4.58. The molecule has 2 aromatic heterocycles. The van der Waals surface area contributed by atoms with Crippen molar-refractivity contribution in [3.05, 3.63) is 137 Å². The van der Waals surface area contributed by atoms with Gasteiger partial charge in [0.05, 0.1) is 18.4 Å². The van der Waals surface area contributed by atoms with Gasteiger partial charge in [-0.25, -0.2) is 0 Å². The van der Waals surface area contributed by atoms with E-state index in [1.165, 1.54) is 16.7 Å². The Morgan fingerprint density at radius 3 is 2.37 bits per heavy atom. The van der Waals surface area contributed by atoms with Gasteiger partial charge in [0.25, 0.3) is 5.91 Å². The maximum absolute atomic E-state index is 12.7. The number of carbonyl (C=O) groups excluding carboxylic acids is 1. The second-order valence-corrected chi connectivity index (χ2v) is 9.94. The van der Waals surface area contributed by atoms with Crippen LogP contribution in [0.3, 0.4) is 0 Å². The Balaban J connectivity index is 1.15. The molecule has 1 amide bonds. The van der Waals surface area contributed by atoms with E-state index in [2.05, 4.69) is 91.9 Å². The molecule has 0 aliphatic carbocycles. The van der Waals surface area contributed by atoms with Crippen LogP contribution in [0.5, 0.6) is 5.75 Å². The summed E-state index contributed by atoms with van der Waals surface area (Å²) in [5, 5.41) is 7.18. The van der Waals surface area contributed by atoms with Crippen molar-refractivity contribution < 1.29 is 13.9 Å². The van der Waals surface area contributed by atoms with Crippen LogP contribution in [0.1, 0.15) is 52.4 Å². The zero-order valence-corrected chi connectivity index (χ0v) is 21.8. The SMILES string of the molecule is Cc1ccc(Cn2cc(NC(=O)c3ccc(COc4ccc(C(C)(C)c5ccccc5)cc4)o3)cn2)cc1. The van der Waals surface area contributed by atoms with Gasteiger partial charge >= 0.3 is 0 Å². The summed E-state index contributed by atoms with van der Waals surface area (Å²) in [7, 11) is 0. The first-order valence-electron chi connectivity index (χ1n) is 12.6. The summed E-state index contributed by atoms with van der Waals surface area (Å²) >= 11 is 0. The lowest BCUT2D eigenvalue weighted by atomic mass is 9.78. The number of hydrogen-bond donors (Lipinski definition) is 1. The highest BCUT2D eigenvalue weighted by Crippen LogP contribution is 2.32. The first kappa shape index (κ1) is 25.1. The molecule has 1 N–H and O–H groups in total. The molecule has 0 atom stereocenters. The average Bonchev–Trinajstić information content (AvgIpc) is 3.59. The number of nitrogens with zero attached hydrogens (tertiary/aromatic N) is 2. The zero-order valence-electron chi connectivity index (χ0n) is 21.8. The van der Waals surface area contributed by atoms with E-state index in [-0.39, 0.29) is 23.7 Å². The number of rotatable bonds is 9. The van der Waals surface area contributed by atoms with Crippen LogP contribution in [0.4, 0.5) is 5.69 Å². The Kier molecular flexibility index (Phi) is 7.13. The van der Waals surface area contributed by atoms with Crippen LogP contribution in [0, 0.1) is 6.92 Å². The normalized spacial score (nSPS) is 11.3. The van der Waals surface area contributed by atoms with E-state index < -0.39 is 0 Å². The Bertz CT molecular complexity index is 1500. The van der Waals surface area contributed by atoms with Crippen molar-refractivity contribution in [2.45, 2.75) is 39.3 Å². The van der Waals surface area contributed by atoms with Crippen LogP contribution in [-0.2, 0) is 18.6 Å². The molecule has 0 radical (unpaired) electrons. The number of carbonyl (C=O) groups is 1. The fourth-order valence-corrected chi connectivity index (χ4v) is 4.31. The minimum atomic E-state index is -0.335. The number of nitrogens with one attached hydrogen (secondary N) is 1.